The number of anilines is 6. The van der Waals surface area contributed by atoms with Crippen molar-refractivity contribution in [3.05, 3.63) is 230 Å². The summed E-state index contributed by atoms with van der Waals surface area (Å²) in [5.41, 5.74) is 14.3. The van der Waals surface area contributed by atoms with E-state index in [4.69, 9.17) is 0 Å². The highest BCUT2D eigenvalue weighted by molar-refractivity contribution is 6.33. The average Bonchev–Trinajstić information content (AvgIpc) is 3.35. The van der Waals surface area contributed by atoms with Crippen LogP contribution in [0.2, 0.25) is 0 Å². The van der Waals surface area contributed by atoms with E-state index in [0.717, 1.165) is 34.1 Å². The van der Waals surface area contributed by atoms with Crippen molar-refractivity contribution in [1.29, 1.82) is 0 Å². The Balaban J connectivity index is 1.30. The molecule has 0 N–H and O–H groups in total. The largest absolute Gasteiger partial charge is 0.310 e. The third-order valence-corrected chi connectivity index (χ3v) is 13.2. The van der Waals surface area contributed by atoms with Crippen LogP contribution in [0.15, 0.2) is 218 Å². The van der Waals surface area contributed by atoms with E-state index < -0.39 is 0 Å². The van der Waals surface area contributed by atoms with Crippen molar-refractivity contribution in [2.45, 2.75) is 39.5 Å². The molecule has 0 bridgehead atoms. The summed E-state index contributed by atoms with van der Waals surface area (Å²) in [4.78, 5) is 4.93. The second-order valence-corrected chi connectivity index (χ2v) is 17.7. The van der Waals surface area contributed by atoms with Gasteiger partial charge in [0, 0.05) is 44.3 Å². The zero-order valence-corrected chi connectivity index (χ0v) is 36.8. The van der Waals surface area contributed by atoms with Gasteiger partial charge in [-0.2, -0.15) is 0 Å². The highest BCUT2D eigenvalue weighted by atomic mass is 15.1. The molecule has 2 nitrogen and oxygen atoms in total. The SMILES string of the molecule is CC(C)c1ccc(N(c2ccccc2)c2cc(-c3ccccc3)c3ccc4c(N(c5ccccc5)c5ccc(C(C)C)cc5)cc(-c5cccc6ccccc56)c5ccc2c3c54)cc1. The molecule has 308 valence electrons. The first-order valence-corrected chi connectivity index (χ1v) is 22.7. The fourth-order valence-corrected chi connectivity index (χ4v) is 9.89. The molecule has 0 amide bonds. The number of fused-ring (bicyclic) bond motifs is 1. The molecule has 0 aliphatic carbocycles. The molecular weight excluding hydrogens is 773 g/mol. The van der Waals surface area contributed by atoms with Gasteiger partial charge in [-0.15, -0.1) is 0 Å². The maximum atomic E-state index is 2.47. The molecule has 0 atom stereocenters. The van der Waals surface area contributed by atoms with E-state index >= 15 is 0 Å². The molecule has 11 aromatic carbocycles. The number of hydrogen-bond donors (Lipinski definition) is 0. The van der Waals surface area contributed by atoms with Crippen molar-refractivity contribution in [3.63, 3.8) is 0 Å². The molecule has 2 heteroatoms. The molecule has 0 unspecified atom stereocenters. The van der Waals surface area contributed by atoms with Crippen LogP contribution in [0.5, 0.6) is 0 Å². The van der Waals surface area contributed by atoms with E-state index in [2.05, 4.69) is 256 Å². The van der Waals surface area contributed by atoms with E-state index in [-0.39, 0.29) is 0 Å². The van der Waals surface area contributed by atoms with Gasteiger partial charge in [0.05, 0.1) is 11.4 Å². The van der Waals surface area contributed by atoms with Crippen molar-refractivity contribution >= 4 is 77.2 Å². The summed E-state index contributed by atoms with van der Waals surface area (Å²) in [6, 6.07) is 81.0. The maximum absolute atomic E-state index is 2.47. The molecule has 0 aliphatic rings. The molecule has 0 saturated heterocycles. The van der Waals surface area contributed by atoms with Crippen LogP contribution in [0.25, 0.3) is 65.3 Å². The number of para-hydroxylation sites is 2. The van der Waals surface area contributed by atoms with Crippen LogP contribution in [-0.4, -0.2) is 0 Å². The molecule has 0 spiro atoms. The molecule has 0 radical (unpaired) electrons. The first kappa shape index (κ1) is 39.2. The minimum absolute atomic E-state index is 0.434. The Kier molecular flexibility index (Phi) is 9.93. The second kappa shape index (κ2) is 16.2. The van der Waals surface area contributed by atoms with Crippen LogP contribution in [0, 0.1) is 0 Å². The fraction of sp³-hybridized carbons (Fsp3) is 0.0968. The van der Waals surface area contributed by atoms with Gasteiger partial charge in [-0.3, -0.25) is 0 Å². The summed E-state index contributed by atoms with van der Waals surface area (Å²) in [7, 11) is 0. The molecule has 0 fully saturated rings. The van der Waals surface area contributed by atoms with E-state index in [9.17, 15) is 0 Å². The highest BCUT2D eigenvalue weighted by Crippen LogP contribution is 2.52. The van der Waals surface area contributed by atoms with Crippen LogP contribution in [0.4, 0.5) is 34.1 Å². The Bertz CT molecular complexity index is 3400. The summed E-state index contributed by atoms with van der Waals surface area (Å²) in [6.07, 6.45) is 0. The zero-order chi connectivity index (χ0) is 43.3. The van der Waals surface area contributed by atoms with Crippen LogP contribution < -0.4 is 9.80 Å². The van der Waals surface area contributed by atoms with Gasteiger partial charge in [0.25, 0.3) is 0 Å². The third-order valence-electron chi connectivity index (χ3n) is 13.2. The number of rotatable bonds is 10. The van der Waals surface area contributed by atoms with Crippen LogP contribution in [0.1, 0.15) is 50.7 Å². The van der Waals surface area contributed by atoms with Gasteiger partial charge in [0.15, 0.2) is 0 Å². The first-order chi connectivity index (χ1) is 31.4. The quantitative estimate of drug-likeness (QED) is 0.127. The number of benzene rings is 11. The Morgan fingerprint density at radius 2 is 0.703 bits per heavy atom. The lowest BCUT2D eigenvalue weighted by molar-refractivity contribution is 0.866. The molecule has 11 aromatic rings. The van der Waals surface area contributed by atoms with Crippen molar-refractivity contribution in [2.75, 3.05) is 9.80 Å². The van der Waals surface area contributed by atoms with Crippen molar-refractivity contribution in [1.82, 2.24) is 0 Å². The van der Waals surface area contributed by atoms with Gasteiger partial charge in [0.2, 0.25) is 0 Å². The summed E-state index contributed by atoms with van der Waals surface area (Å²) in [6.45, 7) is 9.05. The summed E-state index contributed by atoms with van der Waals surface area (Å²) in [5.74, 6) is 0.871. The first-order valence-electron chi connectivity index (χ1n) is 22.7. The highest BCUT2D eigenvalue weighted by Gasteiger charge is 2.26. The number of hydrogen-bond acceptors (Lipinski definition) is 2. The molecule has 0 heterocycles. The van der Waals surface area contributed by atoms with Gasteiger partial charge < -0.3 is 9.80 Å². The predicted octanol–water partition coefficient (Wildman–Crippen LogP) is 18.3. The molecule has 11 rings (SSSR count). The lowest BCUT2D eigenvalue weighted by atomic mass is 9.84. The maximum Gasteiger partial charge on any atom is 0.0546 e. The van der Waals surface area contributed by atoms with Crippen molar-refractivity contribution in [2.24, 2.45) is 0 Å². The monoisotopic (exact) mass is 822 g/mol. The van der Waals surface area contributed by atoms with Gasteiger partial charge >= 0.3 is 0 Å². The minimum atomic E-state index is 0.434. The van der Waals surface area contributed by atoms with Crippen LogP contribution >= 0.6 is 0 Å². The van der Waals surface area contributed by atoms with Crippen molar-refractivity contribution in [3.8, 4) is 22.3 Å². The normalized spacial score (nSPS) is 11.7. The van der Waals surface area contributed by atoms with Crippen LogP contribution in [-0.2, 0) is 0 Å². The van der Waals surface area contributed by atoms with Gasteiger partial charge in [-0.05, 0) is 127 Å². The van der Waals surface area contributed by atoms with Gasteiger partial charge in [0.1, 0.15) is 0 Å². The van der Waals surface area contributed by atoms with E-state index in [1.807, 2.05) is 0 Å². The van der Waals surface area contributed by atoms with E-state index in [0.29, 0.717) is 11.8 Å². The van der Waals surface area contributed by atoms with E-state index in [1.165, 1.54) is 76.5 Å². The summed E-state index contributed by atoms with van der Waals surface area (Å²) < 4.78 is 0. The van der Waals surface area contributed by atoms with Gasteiger partial charge in [-0.1, -0.05) is 185 Å². The Morgan fingerprint density at radius 3 is 1.22 bits per heavy atom. The van der Waals surface area contributed by atoms with Crippen molar-refractivity contribution < 1.29 is 0 Å². The smallest absolute Gasteiger partial charge is 0.0546 e. The molecule has 0 aromatic heterocycles. The Labute approximate surface area is 376 Å². The third kappa shape index (κ3) is 6.74. The molecule has 64 heavy (non-hydrogen) atoms. The lowest BCUT2D eigenvalue weighted by Gasteiger charge is -2.31. The molecular formula is C62H50N2. The fourth-order valence-electron chi connectivity index (χ4n) is 9.89. The molecule has 0 aliphatic heterocycles. The van der Waals surface area contributed by atoms with Crippen LogP contribution in [0.3, 0.4) is 0 Å². The Hall–Kier alpha value is -7.68. The summed E-state index contributed by atoms with van der Waals surface area (Å²) >= 11 is 0. The summed E-state index contributed by atoms with van der Waals surface area (Å²) in [5, 5.41) is 9.88. The second-order valence-electron chi connectivity index (χ2n) is 17.7. The predicted molar refractivity (Wildman–Crippen MR) is 276 cm³/mol. The standard InChI is InChI=1S/C62H50N2/c1-41(2)43-27-31-49(32-28-43)63(47-21-10-6-11-22-47)59-39-57(46-17-8-5-9-18-46)53-35-37-56-60(64(48-23-12-7-13-24-48)50-33-29-44(30-34-50)42(3)4)40-58(54-36-38-55(59)61(53)62(54)56)52-26-16-20-45-19-14-15-25-51(45)52/h5-42H,1-4H3. The topological polar surface area (TPSA) is 6.48 Å². The lowest BCUT2D eigenvalue weighted by Crippen LogP contribution is -2.12. The Morgan fingerprint density at radius 1 is 0.297 bits per heavy atom. The minimum Gasteiger partial charge on any atom is -0.310 e. The van der Waals surface area contributed by atoms with E-state index in [1.54, 1.807) is 0 Å². The zero-order valence-electron chi connectivity index (χ0n) is 36.8. The molecule has 0 saturated carbocycles. The van der Waals surface area contributed by atoms with Gasteiger partial charge in [-0.25, -0.2) is 0 Å². The average molecular weight is 823 g/mol. The number of nitrogens with zero attached hydrogens (tertiary/aromatic N) is 2.